The Kier molecular flexibility index (Phi) is 32.4. The summed E-state index contributed by atoms with van der Waals surface area (Å²) >= 11 is 11.8. The molecule has 0 unspecified atom stereocenters. The normalized spacial score (nSPS) is 10.6. The van der Waals surface area contributed by atoms with Gasteiger partial charge in [0, 0.05) is 208 Å². The molecule has 0 N–H and O–H groups in total. The molecule has 127 heavy (non-hydrogen) atoms. The molecule has 0 aliphatic carbocycles. The second-order valence-electron chi connectivity index (χ2n) is 28.8. The van der Waals surface area contributed by atoms with Gasteiger partial charge in [0.1, 0.15) is 86.0 Å². The van der Waals surface area contributed by atoms with E-state index >= 15 is 0 Å². The number of hydrogen-bond acceptors (Lipinski definition) is 25. The topological polar surface area (TPSA) is 325 Å². The maximum Gasteiger partial charge on any atom is 0.272 e. The fraction of sp³-hybridized carbons (Fsp3) is 0.163. The number of halogens is 4. The molecule has 0 amide bonds. The fourth-order valence-electron chi connectivity index (χ4n) is 11.8. The van der Waals surface area contributed by atoms with Crippen molar-refractivity contribution in [1.29, 1.82) is 0 Å². The van der Waals surface area contributed by atoms with Gasteiger partial charge in [-0.15, -0.1) is 6.42 Å². The lowest BCUT2D eigenvalue weighted by atomic mass is 10.1. The van der Waals surface area contributed by atoms with Crippen molar-refractivity contribution in [1.82, 2.24) is 74.8 Å². The zero-order valence-electron chi connectivity index (χ0n) is 70.7. The van der Waals surface area contributed by atoms with Gasteiger partial charge in [-0.2, -0.15) is 0 Å². The number of ketones is 5. The van der Waals surface area contributed by atoms with E-state index < -0.39 is 5.92 Å². The number of Topliss-reactive ketones (excluding diaryl/α,β-unsaturated/α-hetero) is 5. The van der Waals surface area contributed by atoms with Gasteiger partial charge in [-0.05, 0) is 159 Å². The Balaban J connectivity index is 0.000000154. The van der Waals surface area contributed by atoms with Crippen LogP contribution in [0.1, 0.15) is 150 Å². The monoisotopic (exact) mass is 1740 g/mol. The van der Waals surface area contributed by atoms with Gasteiger partial charge in [-0.1, -0.05) is 47.3 Å². The SMILES string of the molecule is C#Cc1ccc(CC(=O)c2cc(Oc3cccnc3)cc(C)n2)nc1.Cc1cc(Oc2cccnc2)cc(C(=O)Cc2ccc(C(C)(F)F)cn2)n1.Cc1ccc(CC(=O)c2cc(Oc3cncc(Cl)c3)cc(C)n2)nc1.Cc1ccc(Oc2cc(C)nc(C(=O)Cc3cccc(C)n3)c2)cn1.Cc1cccc(CC(=O)c2cc(Oc3cncc(Cl)c3)cc(C)n2)n1. The number of rotatable bonds is 26. The molecule has 0 bridgehead atoms. The number of aromatic nitrogens is 15. The van der Waals surface area contributed by atoms with Gasteiger partial charge in [0.25, 0.3) is 5.92 Å². The predicted molar refractivity (Wildman–Crippen MR) is 474 cm³/mol. The molecule has 25 nitrogen and oxygen atoms in total. The van der Waals surface area contributed by atoms with Gasteiger partial charge in [0.2, 0.25) is 0 Å². The van der Waals surface area contributed by atoms with Crippen LogP contribution in [0.5, 0.6) is 57.5 Å². The van der Waals surface area contributed by atoms with Gasteiger partial charge in [-0.25, -0.2) is 33.7 Å². The summed E-state index contributed by atoms with van der Waals surface area (Å²) < 4.78 is 55.2. The zero-order valence-corrected chi connectivity index (χ0v) is 72.2. The van der Waals surface area contributed by atoms with E-state index in [1.54, 1.807) is 166 Å². The van der Waals surface area contributed by atoms with Crippen molar-refractivity contribution in [3.8, 4) is 69.8 Å². The van der Waals surface area contributed by atoms with Crippen LogP contribution in [-0.2, 0) is 38.0 Å². The summed E-state index contributed by atoms with van der Waals surface area (Å²) in [7, 11) is 0. The summed E-state index contributed by atoms with van der Waals surface area (Å²) in [5.41, 5.74) is 12.4. The fourth-order valence-corrected chi connectivity index (χ4v) is 12.1. The maximum atomic E-state index is 13.2. The molecule has 15 rings (SSSR count). The predicted octanol–water partition coefficient (Wildman–Crippen LogP) is 20.6. The molecule has 638 valence electrons. The Morgan fingerprint density at radius 1 is 0.315 bits per heavy atom. The first kappa shape index (κ1) is 92.3. The van der Waals surface area contributed by atoms with E-state index in [9.17, 15) is 32.8 Å². The highest BCUT2D eigenvalue weighted by Crippen LogP contribution is 2.31. The molecule has 0 radical (unpaired) electrons. The summed E-state index contributed by atoms with van der Waals surface area (Å²) in [6.45, 7) is 17.5. The zero-order chi connectivity index (χ0) is 90.5. The highest BCUT2D eigenvalue weighted by Gasteiger charge is 2.25. The second-order valence-corrected chi connectivity index (χ2v) is 29.7. The number of nitrogens with zero attached hydrogens (tertiary/aromatic N) is 15. The van der Waals surface area contributed by atoms with Crippen molar-refractivity contribution in [2.75, 3.05) is 0 Å². The number of carbonyl (C=O) groups excluding carboxylic acids is 5. The smallest absolute Gasteiger partial charge is 0.272 e. The first-order chi connectivity index (χ1) is 60.9. The quantitative estimate of drug-likeness (QED) is 0.0359. The molecular weight excluding hydrogens is 1660 g/mol. The molecule has 29 heteroatoms. The van der Waals surface area contributed by atoms with Crippen LogP contribution in [0.3, 0.4) is 0 Å². The third-order valence-corrected chi connectivity index (χ3v) is 18.1. The highest BCUT2D eigenvalue weighted by atomic mass is 35.5. The Morgan fingerprint density at radius 2 is 0.669 bits per heavy atom. The Morgan fingerprint density at radius 3 is 0.976 bits per heavy atom. The number of carbonyl (C=O) groups is 5. The second kappa shape index (κ2) is 44.6. The minimum absolute atomic E-state index is 0.0433. The summed E-state index contributed by atoms with van der Waals surface area (Å²) in [5, 5.41) is 0.954. The van der Waals surface area contributed by atoms with E-state index in [0.29, 0.717) is 136 Å². The van der Waals surface area contributed by atoms with Crippen LogP contribution in [0.25, 0.3) is 0 Å². The van der Waals surface area contributed by atoms with E-state index in [1.807, 2.05) is 116 Å². The minimum Gasteiger partial charge on any atom is -0.456 e. The molecule has 15 aromatic heterocycles. The van der Waals surface area contributed by atoms with Crippen molar-refractivity contribution in [2.24, 2.45) is 0 Å². The number of terminal acetylenes is 1. The lowest BCUT2D eigenvalue weighted by Crippen LogP contribution is -2.11. The molecule has 0 aromatic carbocycles. The Bertz CT molecular complexity index is 6420. The summed E-state index contributed by atoms with van der Waals surface area (Å²) in [4.78, 5) is 125. The van der Waals surface area contributed by atoms with Crippen LogP contribution in [0, 0.1) is 74.7 Å². The number of alkyl halides is 2. The van der Waals surface area contributed by atoms with Crippen molar-refractivity contribution < 1.29 is 56.4 Å². The largest absolute Gasteiger partial charge is 0.456 e. The number of aryl methyl sites for hydroxylation is 9. The van der Waals surface area contributed by atoms with Crippen LogP contribution in [-0.4, -0.2) is 104 Å². The van der Waals surface area contributed by atoms with E-state index in [-0.39, 0.29) is 72.3 Å². The summed E-state index contributed by atoms with van der Waals surface area (Å²) in [6.07, 6.45) is 24.7. The molecule has 0 atom stereocenters. The Hall–Kier alpha value is -15.4. The molecule has 0 fully saturated rings. The van der Waals surface area contributed by atoms with Gasteiger partial charge >= 0.3 is 0 Å². The molecule has 15 aromatic rings. The average molecular weight is 1740 g/mol. The molecule has 0 saturated carbocycles. The Labute approximate surface area is 741 Å². The van der Waals surface area contributed by atoms with Crippen molar-refractivity contribution in [3.63, 3.8) is 0 Å². The maximum absolute atomic E-state index is 13.2. The molecular formula is C98H83Cl2F2N15O10. The highest BCUT2D eigenvalue weighted by molar-refractivity contribution is 6.30. The summed E-state index contributed by atoms with van der Waals surface area (Å²) in [6, 6.07) is 52.1. The average Bonchev–Trinajstić information content (AvgIpc) is 0.849. The van der Waals surface area contributed by atoms with E-state index in [4.69, 9.17) is 53.3 Å². The molecule has 15 heterocycles. The van der Waals surface area contributed by atoms with Crippen molar-refractivity contribution in [2.45, 2.75) is 107 Å². The standard InChI is InChI=1S/C20H17F2N3O2.C20H19N3O2.C20H15N3O2.2C19H16ClN3O2/c1-13-8-17(27-16-4-3-7-23-12-16)10-18(25-13)19(26)9-15-6-5-14(11-24-15)20(2,21)22;1-13-7-8-17(12-21-13)25-18-9-15(3)23-19(11-18)20(24)10-16-6-4-5-14(2)22-16;1-3-15-6-7-16(22-12-15)10-20(24)19-11-18(9-14(2)23-19)25-17-5-4-8-21-13-17;1-12-3-4-15(22-9-12)7-19(24)18-8-16(5-13(2)23-18)25-17-6-14(20)10-21-11-17;1-12-4-3-5-15(22-12)8-19(24)18-9-16(6-13(2)23-18)25-17-7-14(20)10-21-11-17/h3-8,10-12H,9H2,1-2H3;4-9,11-12H,10H2,1-3H3;1,4-9,11-13H,10H2,2H3;3-6,8-11H,7H2,1-2H3;3-7,9-11H,8H2,1-2H3. The number of pyridine rings is 15. The lowest BCUT2D eigenvalue weighted by Gasteiger charge is -2.10. The van der Waals surface area contributed by atoms with Crippen LogP contribution in [0.15, 0.2) is 256 Å². The van der Waals surface area contributed by atoms with Crippen LogP contribution in [0.2, 0.25) is 10.0 Å². The van der Waals surface area contributed by atoms with Crippen LogP contribution < -0.4 is 23.7 Å². The third-order valence-electron chi connectivity index (χ3n) is 17.7. The number of ether oxygens (including phenoxy) is 5. The minimum atomic E-state index is -2.97. The number of hydrogen-bond donors (Lipinski definition) is 0. The van der Waals surface area contributed by atoms with E-state index in [1.165, 1.54) is 30.6 Å². The van der Waals surface area contributed by atoms with Gasteiger partial charge in [-0.3, -0.25) is 73.8 Å². The van der Waals surface area contributed by atoms with Gasteiger partial charge in [0.15, 0.2) is 28.9 Å². The third kappa shape index (κ3) is 30.0. The molecule has 0 spiro atoms. The molecule has 0 aliphatic rings. The summed E-state index contributed by atoms with van der Waals surface area (Å²) in [5.74, 6) is 4.14. The molecule has 0 aliphatic heterocycles. The molecule has 0 saturated heterocycles. The van der Waals surface area contributed by atoms with Gasteiger partial charge in [0.05, 0.1) is 73.1 Å². The first-order valence-electron chi connectivity index (χ1n) is 39.4. The van der Waals surface area contributed by atoms with E-state index in [0.717, 1.165) is 52.8 Å². The lowest BCUT2D eigenvalue weighted by molar-refractivity contribution is 0.0170. The van der Waals surface area contributed by atoms with E-state index in [2.05, 4.69) is 80.7 Å². The first-order valence-corrected chi connectivity index (χ1v) is 40.1. The van der Waals surface area contributed by atoms with Crippen LogP contribution in [0.4, 0.5) is 8.78 Å². The van der Waals surface area contributed by atoms with Crippen molar-refractivity contribution >= 4 is 52.1 Å². The van der Waals surface area contributed by atoms with Crippen LogP contribution >= 0.6 is 23.2 Å². The van der Waals surface area contributed by atoms with Crippen molar-refractivity contribution in [3.05, 3.63) is 386 Å². The van der Waals surface area contributed by atoms with Gasteiger partial charge < -0.3 is 23.7 Å².